The van der Waals surface area contributed by atoms with Gasteiger partial charge in [0.25, 0.3) is 5.91 Å². The second kappa shape index (κ2) is 11.7. The van der Waals surface area contributed by atoms with Gasteiger partial charge in [-0.05, 0) is 31.4 Å². The summed E-state index contributed by atoms with van der Waals surface area (Å²) in [6.45, 7) is 8.26. The van der Waals surface area contributed by atoms with Gasteiger partial charge in [0.2, 0.25) is 5.91 Å². The van der Waals surface area contributed by atoms with Crippen LogP contribution in [0.3, 0.4) is 0 Å². The van der Waals surface area contributed by atoms with Crippen molar-refractivity contribution < 1.29 is 14.0 Å². The molecule has 3 rings (SSSR count). The zero-order chi connectivity index (χ0) is 24.0. The van der Waals surface area contributed by atoms with Gasteiger partial charge in [0, 0.05) is 38.3 Å². The standard InChI is InChI=1S/C23H29ClFN5O2S/c1-15(2)8-9-26-21(31)14-33-23-27-19(24)12-20(28-23)29-10-11-30(16(3)13-29)22(32)17-6-4-5-7-18(17)25/h4-7,12,15-16H,8-11,13-14H2,1-3H3,(H,26,31). The summed E-state index contributed by atoms with van der Waals surface area (Å²) < 4.78 is 14.1. The number of anilines is 1. The van der Waals surface area contributed by atoms with E-state index in [1.165, 1.54) is 23.9 Å². The fraction of sp³-hybridized carbons (Fsp3) is 0.478. The van der Waals surface area contributed by atoms with E-state index >= 15 is 0 Å². The number of halogens is 2. The Bertz CT molecular complexity index is 993. The molecule has 0 radical (unpaired) electrons. The van der Waals surface area contributed by atoms with Crippen LogP contribution in [0.1, 0.15) is 37.6 Å². The highest BCUT2D eigenvalue weighted by atomic mass is 35.5. The molecule has 1 aliphatic heterocycles. The molecule has 10 heteroatoms. The van der Waals surface area contributed by atoms with Gasteiger partial charge in [-0.1, -0.05) is 49.3 Å². The number of nitrogens with one attached hydrogen (secondary N) is 1. The molecule has 1 aromatic heterocycles. The van der Waals surface area contributed by atoms with Crippen molar-refractivity contribution in [2.24, 2.45) is 5.92 Å². The molecule has 1 aromatic carbocycles. The zero-order valence-electron chi connectivity index (χ0n) is 19.1. The van der Waals surface area contributed by atoms with Gasteiger partial charge in [0.05, 0.1) is 11.3 Å². The molecule has 0 spiro atoms. The number of hydrogen-bond acceptors (Lipinski definition) is 6. The van der Waals surface area contributed by atoms with Crippen LogP contribution in [-0.2, 0) is 4.79 Å². The molecule has 1 fully saturated rings. The largest absolute Gasteiger partial charge is 0.355 e. The SMILES string of the molecule is CC(C)CCNC(=O)CSc1nc(Cl)cc(N2CCN(C(=O)c3ccccc3F)C(C)C2)n1. The molecule has 2 heterocycles. The highest BCUT2D eigenvalue weighted by molar-refractivity contribution is 7.99. The third-order valence-electron chi connectivity index (χ3n) is 5.35. The molecule has 1 saturated heterocycles. The number of piperazine rings is 1. The summed E-state index contributed by atoms with van der Waals surface area (Å²) in [6.07, 6.45) is 0.928. The lowest BCUT2D eigenvalue weighted by Gasteiger charge is -2.40. The minimum atomic E-state index is -0.519. The number of aromatic nitrogens is 2. The van der Waals surface area contributed by atoms with Crippen LogP contribution < -0.4 is 10.2 Å². The van der Waals surface area contributed by atoms with Gasteiger partial charge in [-0.2, -0.15) is 0 Å². The van der Waals surface area contributed by atoms with Crippen LogP contribution in [0.2, 0.25) is 5.15 Å². The number of thioether (sulfide) groups is 1. The van der Waals surface area contributed by atoms with Crippen LogP contribution in [0.5, 0.6) is 0 Å². The second-order valence-corrected chi connectivity index (χ2v) is 9.76. The fourth-order valence-electron chi connectivity index (χ4n) is 3.55. The Hall–Kier alpha value is -2.39. The fourth-order valence-corrected chi connectivity index (χ4v) is 4.46. The maximum Gasteiger partial charge on any atom is 0.257 e. The minimum absolute atomic E-state index is 0.0698. The zero-order valence-corrected chi connectivity index (χ0v) is 20.6. The van der Waals surface area contributed by atoms with Crippen molar-refractivity contribution >= 4 is 41.0 Å². The van der Waals surface area contributed by atoms with Gasteiger partial charge in [0.1, 0.15) is 16.8 Å². The van der Waals surface area contributed by atoms with E-state index in [9.17, 15) is 14.0 Å². The van der Waals surface area contributed by atoms with Crippen LogP contribution >= 0.6 is 23.4 Å². The Morgan fingerprint density at radius 2 is 2.03 bits per heavy atom. The van der Waals surface area contributed by atoms with Crippen molar-refractivity contribution in [3.63, 3.8) is 0 Å². The molecule has 0 aliphatic carbocycles. The molecular formula is C23H29ClFN5O2S. The molecule has 2 amide bonds. The predicted octanol–water partition coefficient (Wildman–Crippen LogP) is 3.87. The molecule has 1 unspecified atom stereocenters. The number of carbonyl (C=O) groups excluding carboxylic acids is 2. The number of rotatable bonds is 8. The molecule has 7 nitrogen and oxygen atoms in total. The number of amides is 2. The highest BCUT2D eigenvalue weighted by Gasteiger charge is 2.30. The summed E-state index contributed by atoms with van der Waals surface area (Å²) in [5, 5.41) is 3.61. The monoisotopic (exact) mass is 493 g/mol. The quantitative estimate of drug-likeness (QED) is 0.341. The first-order chi connectivity index (χ1) is 15.7. The predicted molar refractivity (Wildman–Crippen MR) is 129 cm³/mol. The molecule has 178 valence electrons. The molecule has 1 atom stereocenters. The first-order valence-corrected chi connectivity index (χ1v) is 12.4. The lowest BCUT2D eigenvalue weighted by atomic mass is 10.1. The Labute approximate surface area is 203 Å². The van der Waals surface area contributed by atoms with E-state index in [1.54, 1.807) is 23.1 Å². The van der Waals surface area contributed by atoms with Crippen molar-refractivity contribution in [2.45, 2.75) is 38.4 Å². The van der Waals surface area contributed by atoms with Crippen LogP contribution in [0.15, 0.2) is 35.5 Å². The van der Waals surface area contributed by atoms with E-state index < -0.39 is 5.82 Å². The molecule has 0 saturated carbocycles. The highest BCUT2D eigenvalue weighted by Crippen LogP contribution is 2.25. The third-order valence-corrected chi connectivity index (χ3v) is 6.39. The van der Waals surface area contributed by atoms with Gasteiger partial charge in [-0.15, -0.1) is 0 Å². The summed E-state index contributed by atoms with van der Waals surface area (Å²) in [5.41, 5.74) is 0.0771. The Balaban J connectivity index is 1.60. The lowest BCUT2D eigenvalue weighted by Crippen LogP contribution is -2.54. The van der Waals surface area contributed by atoms with Crippen molar-refractivity contribution in [3.05, 3.63) is 46.9 Å². The third kappa shape index (κ3) is 7.04. The number of nitrogens with zero attached hydrogens (tertiary/aromatic N) is 4. The van der Waals surface area contributed by atoms with Gasteiger partial charge >= 0.3 is 0 Å². The summed E-state index contributed by atoms with van der Waals surface area (Å²) >= 11 is 7.45. The van der Waals surface area contributed by atoms with Crippen molar-refractivity contribution in [1.82, 2.24) is 20.2 Å². The lowest BCUT2D eigenvalue weighted by molar-refractivity contribution is -0.118. The summed E-state index contributed by atoms with van der Waals surface area (Å²) in [5.74, 6) is 0.471. The van der Waals surface area contributed by atoms with Crippen LogP contribution in [-0.4, -0.2) is 64.7 Å². The minimum Gasteiger partial charge on any atom is -0.355 e. The number of benzene rings is 1. The van der Waals surface area contributed by atoms with Crippen LogP contribution in [0, 0.1) is 11.7 Å². The molecule has 1 N–H and O–H groups in total. The molecule has 1 aliphatic rings. The molecular weight excluding hydrogens is 465 g/mol. The molecule has 33 heavy (non-hydrogen) atoms. The van der Waals surface area contributed by atoms with E-state index in [0.29, 0.717) is 48.2 Å². The molecule has 2 aromatic rings. The topological polar surface area (TPSA) is 78.4 Å². The molecule has 0 bridgehead atoms. The summed E-state index contributed by atoms with van der Waals surface area (Å²) in [6, 6.07) is 7.54. The van der Waals surface area contributed by atoms with E-state index in [0.717, 1.165) is 6.42 Å². The van der Waals surface area contributed by atoms with E-state index in [-0.39, 0.29) is 29.2 Å². The maximum atomic E-state index is 14.1. The smallest absolute Gasteiger partial charge is 0.257 e. The van der Waals surface area contributed by atoms with E-state index in [1.807, 2.05) is 11.8 Å². The van der Waals surface area contributed by atoms with Crippen LogP contribution in [0.25, 0.3) is 0 Å². The Morgan fingerprint density at radius 1 is 1.27 bits per heavy atom. The normalized spacial score (nSPS) is 16.2. The summed E-state index contributed by atoms with van der Waals surface area (Å²) in [7, 11) is 0. The van der Waals surface area contributed by atoms with Crippen LogP contribution in [0.4, 0.5) is 10.2 Å². The van der Waals surface area contributed by atoms with E-state index in [2.05, 4.69) is 29.1 Å². The first kappa shape index (κ1) is 25.2. The average molecular weight is 494 g/mol. The first-order valence-electron chi connectivity index (χ1n) is 11.0. The van der Waals surface area contributed by atoms with Gasteiger partial charge in [0.15, 0.2) is 5.16 Å². The van der Waals surface area contributed by atoms with Crippen molar-refractivity contribution in [2.75, 3.05) is 36.8 Å². The van der Waals surface area contributed by atoms with Crippen molar-refractivity contribution in [1.29, 1.82) is 0 Å². The Kier molecular flexibility index (Phi) is 8.91. The summed E-state index contributed by atoms with van der Waals surface area (Å²) in [4.78, 5) is 37.4. The second-order valence-electron chi connectivity index (χ2n) is 8.43. The average Bonchev–Trinajstić information content (AvgIpc) is 2.77. The number of carbonyl (C=O) groups is 2. The number of hydrogen-bond donors (Lipinski definition) is 1. The van der Waals surface area contributed by atoms with Crippen molar-refractivity contribution in [3.8, 4) is 0 Å². The van der Waals surface area contributed by atoms with Gasteiger partial charge in [-0.3, -0.25) is 9.59 Å². The van der Waals surface area contributed by atoms with E-state index in [4.69, 9.17) is 11.6 Å². The maximum absolute atomic E-state index is 14.1. The van der Waals surface area contributed by atoms with Gasteiger partial charge in [-0.25, -0.2) is 14.4 Å². The van der Waals surface area contributed by atoms with Gasteiger partial charge < -0.3 is 15.1 Å². The Morgan fingerprint density at radius 3 is 2.73 bits per heavy atom.